The van der Waals surface area contributed by atoms with E-state index in [-0.39, 0.29) is 15.7 Å². The molecular formula is C9H9Cl2NO3. The van der Waals surface area contributed by atoms with Crippen molar-refractivity contribution in [2.24, 2.45) is 0 Å². The highest BCUT2D eigenvalue weighted by molar-refractivity contribution is 6.41. The number of benzene rings is 1. The van der Waals surface area contributed by atoms with E-state index in [1.807, 2.05) is 0 Å². The zero-order valence-electron chi connectivity index (χ0n) is 8.14. The molecule has 0 aliphatic rings. The summed E-state index contributed by atoms with van der Waals surface area (Å²) in [6, 6.07) is 1.54. The molecule has 0 atom stereocenters. The van der Waals surface area contributed by atoms with E-state index in [1.165, 1.54) is 14.2 Å². The molecule has 15 heavy (non-hydrogen) atoms. The molecular weight excluding hydrogens is 241 g/mol. The van der Waals surface area contributed by atoms with Crippen molar-refractivity contribution in [1.29, 1.82) is 0 Å². The minimum absolute atomic E-state index is 0.232. The molecule has 0 fully saturated rings. The first kappa shape index (κ1) is 11.9. The van der Waals surface area contributed by atoms with E-state index in [1.54, 1.807) is 6.07 Å². The number of carbonyl (C=O) groups excluding carboxylic acids is 1. The van der Waals surface area contributed by atoms with Crippen LogP contribution in [0.3, 0.4) is 0 Å². The number of hydrogen-bond acceptors (Lipinski definition) is 3. The van der Waals surface area contributed by atoms with E-state index < -0.39 is 0 Å². The average molecular weight is 250 g/mol. The zero-order valence-corrected chi connectivity index (χ0v) is 9.65. The summed E-state index contributed by atoms with van der Waals surface area (Å²) in [5.74, 6) is 0.754. The second kappa shape index (κ2) is 5.09. The maximum atomic E-state index is 10.4. The van der Waals surface area contributed by atoms with Crippen molar-refractivity contribution in [3.8, 4) is 11.5 Å². The highest BCUT2D eigenvalue weighted by atomic mass is 35.5. The average Bonchev–Trinajstić information content (AvgIpc) is 2.25. The summed E-state index contributed by atoms with van der Waals surface area (Å²) >= 11 is 11.9. The van der Waals surface area contributed by atoms with Gasteiger partial charge < -0.3 is 14.8 Å². The molecule has 82 valence electrons. The number of anilines is 1. The number of hydrogen-bond donors (Lipinski definition) is 1. The Morgan fingerprint density at radius 3 is 2.00 bits per heavy atom. The predicted molar refractivity (Wildman–Crippen MR) is 59.3 cm³/mol. The highest BCUT2D eigenvalue weighted by Gasteiger charge is 2.16. The standard InChI is InChI=1S/C9H9Cl2NO3/c1-14-5-3-6(15-2)8(11)9(7(5)10)12-4-13/h3-4H,1-2H3,(H,12,13). The maximum Gasteiger partial charge on any atom is 0.211 e. The number of halogens is 2. The van der Waals surface area contributed by atoms with Gasteiger partial charge in [-0.25, -0.2) is 0 Å². The van der Waals surface area contributed by atoms with Crippen molar-refractivity contribution < 1.29 is 14.3 Å². The van der Waals surface area contributed by atoms with Gasteiger partial charge in [0.2, 0.25) is 6.41 Å². The summed E-state index contributed by atoms with van der Waals surface area (Å²) < 4.78 is 10.0. The minimum Gasteiger partial charge on any atom is -0.495 e. The zero-order chi connectivity index (χ0) is 11.4. The fourth-order valence-electron chi connectivity index (χ4n) is 1.07. The molecule has 1 amide bonds. The molecule has 1 aromatic carbocycles. The molecule has 0 heterocycles. The first-order valence-electron chi connectivity index (χ1n) is 3.95. The van der Waals surface area contributed by atoms with Gasteiger partial charge >= 0.3 is 0 Å². The fraction of sp³-hybridized carbons (Fsp3) is 0.222. The van der Waals surface area contributed by atoms with Crippen LogP contribution in [0.25, 0.3) is 0 Å². The largest absolute Gasteiger partial charge is 0.495 e. The van der Waals surface area contributed by atoms with Crippen molar-refractivity contribution in [2.45, 2.75) is 0 Å². The van der Waals surface area contributed by atoms with E-state index in [4.69, 9.17) is 32.7 Å². The summed E-state index contributed by atoms with van der Waals surface area (Å²) in [4.78, 5) is 10.4. The Labute approximate surface area is 97.1 Å². The Balaban J connectivity index is 3.38. The smallest absolute Gasteiger partial charge is 0.211 e. The number of amides is 1. The lowest BCUT2D eigenvalue weighted by Crippen LogP contribution is -1.99. The van der Waals surface area contributed by atoms with Crippen LogP contribution in [0.2, 0.25) is 10.0 Å². The number of nitrogens with one attached hydrogen (secondary N) is 1. The summed E-state index contributed by atoms with van der Waals surface area (Å²) in [5.41, 5.74) is 0.268. The van der Waals surface area contributed by atoms with Gasteiger partial charge in [0.1, 0.15) is 21.5 Å². The molecule has 4 nitrogen and oxygen atoms in total. The molecule has 0 bridgehead atoms. The van der Waals surface area contributed by atoms with Gasteiger partial charge in [0.25, 0.3) is 0 Å². The Morgan fingerprint density at radius 2 is 1.67 bits per heavy atom. The van der Waals surface area contributed by atoms with Crippen LogP contribution >= 0.6 is 23.2 Å². The maximum absolute atomic E-state index is 10.4. The first-order valence-corrected chi connectivity index (χ1v) is 4.71. The van der Waals surface area contributed by atoms with E-state index in [0.717, 1.165) is 0 Å². The monoisotopic (exact) mass is 249 g/mol. The summed E-state index contributed by atoms with van der Waals surface area (Å²) in [7, 11) is 2.92. The van der Waals surface area contributed by atoms with Crippen LogP contribution in [0.5, 0.6) is 11.5 Å². The van der Waals surface area contributed by atoms with Crippen LogP contribution in [0, 0.1) is 0 Å². The molecule has 1 N–H and O–H groups in total. The molecule has 0 spiro atoms. The second-order valence-electron chi connectivity index (χ2n) is 2.55. The second-order valence-corrected chi connectivity index (χ2v) is 3.30. The molecule has 0 aliphatic carbocycles. The Hall–Kier alpha value is -1.13. The normalized spacial score (nSPS) is 9.60. The molecule has 1 rings (SSSR count). The molecule has 0 aliphatic heterocycles. The Kier molecular flexibility index (Phi) is 4.05. The topological polar surface area (TPSA) is 47.6 Å². The van der Waals surface area contributed by atoms with Gasteiger partial charge in [0, 0.05) is 6.07 Å². The minimum atomic E-state index is 0.232. The van der Waals surface area contributed by atoms with E-state index in [2.05, 4.69) is 5.32 Å². The summed E-state index contributed by atoms with van der Waals surface area (Å²) in [6.07, 6.45) is 0.478. The van der Waals surface area contributed by atoms with Crippen molar-refractivity contribution in [3.63, 3.8) is 0 Å². The van der Waals surface area contributed by atoms with Gasteiger partial charge in [-0.2, -0.15) is 0 Å². The Morgan fingerprint density at radius 1 is 1.20 bits per heavy atom. The van der Waals surface area contributed by atoms with E-state index in [9.17, 15) is 4.79 Å². The van der Waals surface area contributed by atoms with Crippen LogP contribution < -0.4 is 14.8 Å². The third kappa shape index (κ3) is 2.27. The number of carbonyl (C=O) groups is 1. The summed E-state index contributed by atoms with van der Waals surface area (Å²) in [5, 5.41) is 2.85. The van der Waals surface area contributed by atoms with Crippen LogP contribution in [0.4, 0.5) is 5.69 Å². The first-order chi connectivity index (χ1) is 7.15. The summed E-state index contributed by atoms with van der Waals surface area (Å²) in [6.45, 7) is 0. The Bertz CT molecular complexity index is 354. The van der Waals surface area contributed by atoms with E-state index >= 15 is 0 Å². The van der Waals surface area contributed by atoms with Crippen molar-refractivity contribution in [3.05, 3.63) is 16.1 Å². The number of methoxy groups -OCH3 is 2. The van der Waals surface area contributed by atoms with Crippen molar-refractivity contribution in [2.75, 3.05) is 19.5 Å². The molecule has 0 radical (unpaired) electrons. The van der Waals surface area contributed by atoms with Crippen LogP contribution in [-0.2, 0) is 4.79 Å². The SMILES string of the molecule is COc1cc(OC)c(Cl)c(NC=O)c1Cl. The van der Waals surface area contributed by atoms with Crippen molar-refractivity contribution in [1.82, 2.24) is 0 Å². The van der Waals surface area contributed by atoms with Crippen molar-refractivity contribution >= 4 is 35.3 Å². The molecule has 1 aromatic rings. The molecule has 0 unspecified atom stereocenters. The third-order valence-electron chi connectivity index (χ3n) is 1.78. The van der Waals surface area contributed by atoms with Gasteiger partial charge in [-0.3, -0.25) is 4.79 Å². The van der Waals surface area contributed by atoms with E-state index in [0.29, 0.717) is 17.9 Å². The highest BCUT2D eigenvalue weighted by Crippen LogP contribution is 2.43. The molecule has 0 aromatic heterocycles. The van der Waals surface area contributed by atoms with Crippen LogP contribution in [-0.4, -0.2) is 20.6 Å². The molecule has 0 saturated carbocycles. The fourth-order valence-corrected chi connectivity index (χ4v) is 1.68. The number of rotatable bonds is 4. The molecule has 0 saturated heterocycles. The van der Waals surface area contributed by atoms with Gasteiger partial charge in [0.15, 0.2) is 0 Å². The predicted octanol–water partition coefficient (Wildman–Crippen LogP) is 2.58. The lowest BCUT2D eigenvalue weighted by Gasteiger charge is -2.13. The van der Waals surface area contributed by atoms with Gasteiger partial charge in [0.05, 0.1) is 19.9 Å². The molecule has 6 heteroatoms. The van der Waals surface area contributed by atoms with Gasteiger partial charge in [-0.15, -0.1) is 0 Å². The van der Waals surface area contributed by atoms with Crippen LogP contribution in [0.1, 0.15) is 0 Å². The van der Waals surface area contributed by atoms with Crippen LogP contribution in [0.15, 0.2) is 6.07 Å². The number of ether oxygens (including phenoxy) is 2. The third-order valence-corrected chi connectivity index (χ3v) is 2.53. The van der Waals surface area contributed by atoms with Gasteiger partial charge in [-0.05, 0) is 0 Å². The quantitative estimate of drug-likeness (QED) is 0.835. The lowest BCUT2D eigenvalue weighted by molar-refractivity contribution is -0.105. The lowest BCUT2D eigenvalue weighted by atomic mass is 10.2. The van der Waals surface area contributed by atoms with Gasteiger partial charge in [-0.1, -0.05) is 23.2 Å².